The zero-order chi connectivity index (χ0) is 23.7. The number of nitro benzene ring substituents is 1. The molecule has 1 fully saturated rings. The van der Waals surface area contributed by atoms with Crippen LogP contribution in [0, 0.1) is 15.9 Å². The fourth-order valence-corrected chi connectivity index (χ4v) is 4.42. The van der Waals surface area contributed by atoms with E-state index in [4.69, 9.17) is 0 Å². The van der Waals surface area contributed by atoms with Crippen molar-refractivity contribution in [3.8, 4) is 0 Å². The van der Waals surface area contributed by atoms with Gasteiger partial charge >= 0.3 is 0 Å². The van der Waals surface area contributed by atoms with E-state index in [2.05, 4.69) is 9.88 Å². The summed E-state index contributed by atoms with van der Waals surface area (Å²) >= 11 is 0. The molecule has 1 aromatic heterocycles. The van der Waals surface area contributed by atoms with Gasteiger partial charge in [0.1, 0.15) is 5.82 Å². The number of carbonyl (C=O) groups excluding carboxylic acids is 1. The van der Waals surface area contributed by atoms with Crippen LogP contribution in [0.15, 0.2) is 79.0 Å². The Kier molecular flexibility index (Phi) is 5.84. The number of carbonyl (C=O) groups is 1. The molecule has 0 radical (unpaired) electrons. The van der Waals surface area contributed by atoms with Crippen molar-refractivity contribution in [2.24, 2.45) is 0 Å². The van der Waals surface area contributed by atoms with Gasteiger partial charge in [-0.2, -0.15) is 0 Å². The topological polar surface area (TPSA) is 77.2 Å². The van der Waals surface area contributed by atoms with Gasteiger partial charge in [0.05, 0.1) is 4.92 Å². The molecular weight excluding hydrogens is 433 g/mol. The van der Waals surface area contributed by atoms with Gasteiger partial charge < -0.3 is 9.88 Å². The molecule has 5 rings (SSSR count). The Bertz CT molecular complexity index is 1350. The van der Waals surface area contributed by atoms with Gasteiger partial charge in [-0.1, -0.05) is 42.5 Å². The summed E-state index contributed by atoms with van der Waals surface area (Å²) in [6.45, 7) is 0.583. The average Bonchev–Trinajstić information content (AvgIpc) is 3.58. The molecule has 6 nitrogen and oxygen atoms in total. The van der Waals surface area contributed by atoms with E-state index in [1.54, 1.807) is 24.3 Å². The summed E-state index contributed by atoms with van der Waals surface area (Å²) in [6, 6.07) is 21.1. The Hall–Kier alpha value is -4.00. The summed E-state index contributed by atoms with van der Waals surface area (Å²) in [5, 5.41) is 15.3. The first kappa shape index (κ1) is 21.8. The minimum Gasteiger partial charge on any atom is -0.353 e. The number of benzene rings is 3. The third kappa shape index (κ3) is 4.69. The lowest BCUT2D eigenvalue weighted by Crippen LogP contribution is -2.27. The highest BCUT2D eigenvalue weighted by Crippen LogP contribution is 2.37. The van der Waals surface area contributed by atoms with Gasteiger partial charge in [-0.25, -0.2) is 4.39 Å². The zero-order valence-corrected chi connectivity index (χ0v) is 18.5. The minimum atomic E-state index is -0.412. The molecule has 4 aromatic rings. The van der Waals surface area contributed by atoms with Crippen LogP contribution in [-0.4, -0.2) is 21.4 Å². The number of nitro groups is 1. The van der Waals surface area contributed by atoms with Crippen molar-refractivity contribution in [1.29, 1.82) is 0 Å². The lowest BCUT2D eigenvalue weighted by atomic mass is 9.88. The highest BCUT2D eigenvalue weighted by atomic mass is 19.1. The lowest BCUT2D eigenvalue weighted by molar-refractivity contribution is -0.384. The van der Waals surface area contributed by atoms with Crippen LogP contribution < -0.4 is 5.32 Å². The number of amides is 1. The summed E-state index contributed by atoms with van der Waals surface area (Å²) in [5.41, 5.74) is 3.53. The van der Waals surface area contributed by atoms with E-state index >= 15 is 0 Å². The van der Waals surface area contributed by atoms with E-state index < -0.39 is 4.92 Å². The normalized spacial score (nSPS) is 14.1. The quantitative estimate of drug-likeness (QED) is 0.279. The molecule has 34 heavy (non-hydrogen) atoms. The maximum absolute atomic E-state index is 13.7. The van der Waals surface area contributed by atoms with Gasteiger partial charge in [-0.15, -0.1) is 0 Å². The predicted molar refractivity (Wildman–Crippen MR) is 128 cm³/mol. The molecule has 7 heteroatoms. The van der Waals surface area contributed by atoms with Crippen LogP contribution >= 0.6 is 0 Å². The third-order valence-electron chi connectivity index (χ3n) is 6.28. The number of nitrogens with zero attached hydrogens (tertiary/aromatic N) is 2. The molecule has 0 spiro atoms. The number of fused-ring (bicyclic) bond motifs is 1. The van der Waals surface area contributed by atoms with Gasteiger partial charge in [0, 0.05) is 54.2 Å². The molecule has 1 N–H and O–H groups in total. The molecule has 1 aliphatic rings. The molecule has 3 aromatic carbocycles. The molecule has 0 bridgehead atoms. The van der Waals surface area contributed by atoms with Crippen LogP contribution in [0.25, 0.3) is 10.9 Å². The maximum atomic E-state index is 13.7. The van der Waals surface area contributed by atoms with Gasteiger partial charge in [0.2, 0.25) is 5.91 Å². The average molecular weight is 458 g/mol. The van der Waals surface area contributed by atoms with E-state index in [0.29, 0.717) is 6.54 Å². The van der Waals surface area contributed by atoms with Crippen molar-refractivity contribution < 1.29 is 14.1 Å². The number of hydrogen-bond acceptors (Lipinski definition) is 3. The van der Waals surface area contributed by atoms with E-state index in [0.717, 1.165) is 40.4 Å². The standard InChI is InChI=1S/C27H24FN3O3/c28-20-8-6-19(7-9-20)23(15-27(32)29-21-10-11-21)25-17-30(16-18-4-2-1-3-5-18)26-13-12-22(31(33)34)14-24(25)26/h1-9,12-14,17,21,23H,10-11,15-16H2,(H,29,32). The maximum Gasteiger partial charge on any atom is 0.270 e. The summed E-state index contributed by atoms with van der Waals surface area (Å²) in [6.07, 6.45) is 4.11. The van der Waals surface area contributed by atoms with Gasteiger partial charge in [-0.3, -0.25) is 14.9 Å². The third-order valence-corrected chi connectivity index (χ3v) is 6.28. The first-order chi connectivity index (χ1) is 16.5. The first-order valence-electron chi connectivity index (χ1n) is 11.3. The molecule has 1 saturated carbocycles. The number of non-ortho nitro benzene ring substituents is 1. The smallest absolute Gasteiger partial charge is 0.270 e. The SMILES string of the molecule is O=C(CC(c1ccc(F)cc1)c1cn(Cc2ccccc2)c2ccc([N+](=O)[O-])cc12)NC1CC1. The number of aromatic nitrogens is 1. The second-order valence-electron chi connectivity index (χ2n) is 8.81. The molecule has 172 valence electrons. The molecule has 0 aliphatic heterocycles. The molecule has 1 atom stereocenters. The van der Waals surface area contributed by atoms with Crippen molar-refractivity contribution >= 4 is 22.5 Å². The fraction of sp³-hybridized carbons (Fsp3) is 0.222. The number of nitrogens with one attached hydrogen (secondary N) is 1. The highest BCUT2D eigenvalue weighted by Gasteiger charge is 2.28. The molecule has 1 unspecified atom stereocenters. The highest BCUT2D eigenvalue weighted by molar-refractivity contribution is 5.88. The minimum absolute atomic E-state index is 0.00787. The summed E-state index contributed by atoms with van der Waals surface area (Å²) < 4.78 is 15.7. The number of rotatable bonds is 8. The van der Waals surface area contributed by atoms with Crippen LogP contribution in [-0.2, 0) is 11.3 Å². The van der Waals surface area contributed by atoms with Gasteiger partial charge in [0.15, 0.2) is 0 Å². The first-order valence-corrected chi connectivity index (χ1v) is 11.3. The molecule has 1 amide bonds. The Morgan fingerprint density at radius 3 is 2.50 bits per heavy atom. The summed E-state index contributed by atoms with van der Waals surface area (Å²) in [4.78, 5) is 23.9. The molecule has 0 saturated heterocycles. The molecule has 1 aliphatic carbocycles. The lowest BCUT2D eigenvalue weighted by Gasteiger charge is -2.17. The van der Waals surface area contributed by atoms with Crippen LogP contribution in [0.3, 0.4) is 0 Å². The Morgan fingerprint density at radius 2 is 1.82 bits per heavy atom. The predicted octanol–water partition coefficient (Wildman–Crippen LogP) is 5.54. The fourth-order valence-electron chi connectivity index (χ4n) is 4.42. The number of hydrogen-bond donors (Lipinski definition) is 1. The Morgan fingerprint density at radius 1 is 1.09 bits per heavy atom. The summed E-state index contributed by atoms with van der Waals surface area (Å²) in [5.74, 6) is -0.806. The van der Waals surface area contributed by atoms with Gasteiger partial charge in [0.25, 0.3) is 5.69 Å². The second-order valence-corrected chi connectivity index (χ2v) is 8.81. The monoisotopic (exact) mass is 457 g/mol. The Balaban J connectivity index is 1.63. The van der Waals surface area contributed by atoms with Crippen LogP contribution in [0.5, 0.6) is 0 Å². The van der Waals surface area contributed by atoms with E-state index in [1.807, 2.05) is 36.5 Å². The van der Waals surface area contributed by atoms with Crippen LogP contribution in [0.1, 0.15) is 41.9 Å². The van der Waals surface area contributed by atoms with Crippen LogP contribution in [0.2, 0.25) is 0 Å². The van der Waals surface area contributed by atoms with Crippen molar-refractivity contribution in [1.82, 2.24) is 9.88 Å². The molecular formula is C27H24FN3O3. The number of halogens is 1. The van der Waals surface area contributed by atoms with Gasteiger partial charge in [-0.05, 0) is 47.7 Å². The van der Waals surface area contributed by atoms with Crippen molar-refractivity contribution in [3.05, 3.63) is 112 Å². The molecule has 1 heterocycles. The summed E-state index contributed by atoms with van der Waals surface area (Å²) in [7, 11) is 0. The van der Waals surface area contributed by atoms with Crippen molar-refractivity contribution in [2.75, 3.05) is 0 Å². The second kappa shape index (κ2) is 9.09. The van der Waals surface area contributed by atoms with Crippen LogP contribution in [0.4, 0.5) is 10.1 Å². The van der Waals surface area contributed by atoms with E-state index in [9.17, 15) is 19.3 Å². The largest absolute Gasteiger partial charge is 0.353 e. The zero-order valence-electron chi connectivity index (χ0n) is 18.5. The Labute approximate surface area is 196 Å². The van der Waals surface area contributed by atoms with Crippen molar-refractivity contribution in [2.45, 2.75) is 37.8 Å². The van der Waals surface area contributed by atoms with E-state index in [-0.39, 0.29) is 35.8 Å². The van der Waals surface area contributed by atoms with E-state index in [1.165, 1.54) is 18.2 Å². The van der Waals surface area contributed by atoms with Crippen molar-refractivity contribution in [3.63, 3.8) is 0 Å².